The van der Waals surface area contributed by atoms with Gasteiger partial charge >= 0.3 is 0 Å². The molecule has 5 heteroatoms. The lowest BCUT2D eigenvalue weighted by atomic mass is 10.2. The minimum atomic E-state index is -0.199. The molecule has 0 fully saturated rings. The maximum atomic E-state index is 11.8. The molecule has 0 aliphatic rings. The maximum absolute atomic E-state index is 11.8. The van der Waals surface area contributed by atoms with Gasteiger partial charge in [0.15, 0.2) is 0 Å². The van der Waals surface area contributed by atoms with Crippen LogP contribution in [0.2, 0.25) is 5.02 Å². The topological polar surface area (TPSA) is 38.3 Å². The first-order valence-electron chi connectivity index (χ1n) is 4.81. The number of halogens is 2. The molecule has 0 aromatic heterocycles. The van der Waals surface area contributed by atoms with Crippen LogP contribution in [0, 0.1) is 0 Å². The number of ether oxygens (including phenoxy) is 1. The Labute approximate surface area is 108 Å². The normalized spacial score (nSPS) is 12.2. The molecule has 1 amide bonds. The van der Waals surface area contributed by atoms with Crippen molar-refractivity contribution < 1.29 is 9.53 Å². The monoisotopic (exact) mass is 305 g/mol. The van der Waals surface area contributed by atoms with Gasteiger partial charge in [-0.15, -0.1) is 0 Å². The van der Waals surface area contributed by atoms with Gasteiger partial charge in [-0.25, -0.2) is 0 Å². The van der Waals surface area contributed by atoms with Crippen molar-refractivity contribution >= 4 is 33.4 Å². The Bertz CT molecular complexity index is 384. The van der Waals surface area contributed by atoms with E-state index in [1.54, 1.807) is 25.3 Å². The molecule has 0 bridgehead atoms. The number of carbonyl (C=O) groups excluding carboxylic acids is 1. The minimum Gasteiger partial charge on any atom is -0.380 e. The second-order valence-electron chi connectivity index (χ2n) is 3.36. The number of benzene rings is 1. The molecule has 3 nitrogen and oxygen atoms in total. The van der Waals surface area contributed by atoms with Crippen molar-refractivity contribution in [3.05, 3.63) is 33.3 Å². The van der Waals surface area contributed by atoms with E-state index in [4.69, 9.17) is 16.3 Å². The predicted molar refractivity (Wildman–Crippen MR) is 68.0 cm³/mol. The van der Waals surface area contributed by atoms with E-state index < -0.39 is 0 Å². The van der Waals surface area contributed by atoms with Gasteiger partial charge in [0.1, 0.15) is 0 Å². The molecule has 0 aliphatic heterocycles. The van der Waals surface area contributed by atoms with Gasteiger partial charge in [-0.2, -0.15) is 0 Å². The second kappa shape index (κ2) is 6.23. The zero-order valence-corrected chi connectivity index (χ0v) is 11.4. The summed E-state index contributed by atoms with van der Waals surface area (Å²) in [5.41, 5.74) is 0.458. The van der Waals surface area contributed by atoms with Crippen molar-refractivity contribution in [3.8, 4) is 0 Å². The fourth-order valence-corrected chi connectivity index (χ4v) is 1.67. The van der Waals surface area contributed by atoms with Crippen molar-refractivity contribution in [2.24, 2.45) is 0 Å². The zero-order chi connectivity index (χ0) is 12.1. The third-order valence-electron chi connectivity index (χ3n) is 2.15. The molecule has 1 rings (SSSR count). The SMILES string of the molecule is COC(C)CNC(=O)c1cccc(Br)c1Cl. The summed E-state index contributed by atoms with van der Waals surface area (Å²) in [5, 5.41) is 3.17. The van der Waals surface area contributed by atoms with Crippen LogP contribution in [-0.2, 0) is 4.74 Å². The van der Waals surface area contributed by atoms with Crippen LogP contribution < -0.4 is 5.32 Å². The first-order chi connectivity index (χ1) is 7.56. The Hall–Kier alpha value is -0.580. The smallest absolute Gasteiger partial charge is 0.252 e. The van der Waals surface area contributed by atoms with Crippen LogP contribution in [0.4, 0.5) is 0 Å². The Kier molecular flexibility index (Phi) is 5.25. The van der Waals surface area contributed by atoms with E-state index in [0.717, 1.165) is 0 Å². The molecular weight excluding hydrogens is 293 g/mol. The molecule has 0 radical (unpaired) electrons. The van der Waals surface area contributed by atoms with Crippen molar-refractivity contribution in [2.75, 3.05) is 13.7 Å². The number of methoxy groups -OCH3 is 1. The van der Waals surface area contributed by atoms with Gasteiger partial charge in [-0.3, -0.25) is 4.79 Å². The summed E-state index contributed by atoms with van der Waals surface area (Å²) >= 11 is 9.27. The fraction of sp³-hybridized carbons (Fsp3) is 0.364. The Morgan fingerprint density at radius 2 is 2.31 bits per heavy atom. The van der Waals surface area contributed by atoms with Crippen LogP contribution in [0.1, 0.15) is 17.3 Å². The lowest BCUT2D eigenvalue weighted by Gasteiger charge is -2.11. The fourth-order valence-electron chi connectivity index (χ4n) is 1.09. The van der Waals surface area contributed by atoms with Crippen LogP contribution in [0.3, 0.4) is 0 Å². The summed E-state index contributed by atoms with van der Waals surface area (Å²) in [6.45, 7) is 2.33. The molecule has 0 aliphatic carbocycles. The summed E-state index contributed by atoms with van der Waals surface area (Å²) < 4.78 is 5.74. The molecule has 16 heavy (non-hydrogen) atoms. The van der Waals surface area contributed by atoms with Crippen molar-refractivity contribution in [2.45, 2.75) is 13.0 Å². The van der Waals surface area contributed by atoms with E-state index in [0.29, 0.717) is 21.6 Å². The summed E-state index contributed by atoms with van der Waals surface area (Å²) in [7, 11) is 1.60. The molecule has 88 valence electrons. The van der Waals surface area contributed by atoms with Gasteiger partial charge in [0.25, 0.3) is 5.91 Å². The van der Waals surface area contributed by atoms with E-state index in [2.05, 4.69) is 21.2 Å². The maximum Gasteiger partial charge on any atom is 0.252 e. The average Bonchev–Trinajstić information content (AvgIpc) is 2.29. The summed E-state index contributed by atoms with van der Waals surface area (Å²) in [6, 6.07) is 5.24. The largest absolute Gasteiger partial charge is 0.380 e. The van der Waals surface area contributed by atoms with Crippen LogP contribution in [0.5, 0.6) is 0 Å². The van der Waals surface area contributed by atoms with E-state index in [-0.39, 0.29) is 12.0 Å². The minimum absolute atomic E-state index is 0.0186. The van der Waals surface area contributed by atoms with Crippen LogP contribution in [0.15, 0.2) is 22.7 Å². The number of nitrogens with one attached hydrogen (secondary N) is 1. The summed E-state index contributed by atoms with van der Waals surface area (Å²) in [4.78, 5) is 11.8. The standard InChI is InChI=1S/C11H13BrClNO2/c1-7(16-2)6-14-11(15)8-4-3-5-9(12)10(8)13/h3-5,7H,6H2,1-2H3,(H,14,15). The zero-order valence-electron chi connectivity index (χ0n) is 9.09. The summed E-state index contributed by atoms with van der Waals surface area (Å²) in [6.07, 6.45) is -0.0186. The van der Waals surface area contributed by atoms with E-state index >= 15 is 0 Å². The van der Waals surface area contributed by atoms with Gasteiger partial charge in [0.2, 0.25) is 0 Å². The molecule has 0 heterocycles. The Balaban J connectivity index is 2.70. The van der Waals surface area contributed by atoms with E-state index in [1.807, 2.05) is 6.92 Å². The quantitative estimate of drug-likeness (QED) is 0.929. The molecule has 1 aromatic rings. The second-order valence-corrected chi connectivity index (χ2v) is 4.59. The van der Waals surface area contributed by atoms with Gasteiger partial charge in [-0.05, 0) is 35.0 Å². The molecule has 0 saturated carbocycles. The van der Waals surface area contributed by atoms with Crippen molar-refractivity contribution in [1.82, 2.24) is 5.32 Å². The molecule has 1 atom stereocenters. The lowest BCUT2D eigenvalue weighted by Crippen LogP contribution is -2.31. The van der Waals surface area contributed by atoms with Crippen LogP contribution >= 0.6 is 27.5 Å². The first kappa shape index (κ1) is 13.5. The lowest BCUT2D eigenvalue weighted by molar-refractivity contribution is 0.0870. The van der Waals surface area contributed by atoms with Gasteiger partial charge < -0.3 is 10.1 Å². The Morgan fingerprint density at radius 1 is 1.62 bits per heavy atom. The van der Waals surface area contributed by atoms with Crippen LogP contribution in [-0.4, -0.2) is 25.7 Å². The summed E-state index contributed by atoms with van der Waals surface area (Å²) in [5.74, 6) is -0.199. The highest BCUT2D eigenvalue weighted by Gasteiger charge is 2.12. The average molecular weight is 307 g/mol. The first-order valence-corrected chi connectivity index (χ1v) is 5.98. The number of hydrogen-bond acceptors (Lipinski definition) is 2. The highest BCUT2D eigenvalue weighted by molar-refractivity contribution is 9.10. The van der Waals surface area contributed by atoms with Crippen LogP contribution in [0.25, 0.3) is 0 Å². The molecule has 1 aromatic carbocycles. The number of hydrogen-bond donors (Lipinski definition) is 1. The number of rotatable bonds is 4. The molecule has 0 spiro atoms. The van der Waals surface area contributed by atoms with Crippen molar-refractivity contribution in [1.29, 1.82) is 0 Å². The van der Waals surface area contributed by atoms with E-state index in [9.17, 15) is 4.79 Å². The third-order valence-corrected chi connectivity index (χ3v) is 3.44. The van der Waals surface area contributed by atoms with Gasteiger partial charge in [0, 0.05) is 18.1 Å². The highest BCUT2D eigenvalue weighted by Crippen LogP contribution is 2.25. The number of carbonyl (C=O) groups is 1. The van der Waals surface area contributed by atoms with E-state index in [1.165, 1.54) is 0 Å². The molecule has 1 unspecified atom stereocenters. The highest BCUT2D eigenvalue weighted by atomic mass is 79.9. The third kappa shape index (κ3) is 3.47. The number of amides is 1. The predicted octanol–water partition coefficient (Wildman–Crippen LogP) is 2.87. The van der Waals surface area contributed by atoms with Gasteiger partial charge in [0.05, 0.1) is 16.7 Å². The Morgan fingerprint density at radius 3 is 2.94 bits per heavy atom. The van der Waals surface area contributed by atoms with Crippen molar-refractivity contribution in [3.63, 3.8) is 0 Å². The molecule has 0 saturated heterocycles. The molecule has 1 N–H and O–H groups in total. The van der Waals surface area contributed by atoms with Gasteiger partial charge in [-0.1, -0.05) is 17.7 Å². The molecular formula is C11H13BrClNO2.